The van der Waals surface area contributed by atoms with Crippen LogP contribution in [0.4, 0.5) is 0 Å². The fourth-order valence-corrected chi connectivity index (χ4v) is 8.29. The van der Waals surface area contributed by atoms with E-state index < -0.39 is 7.26 Å². The van der Waals surface area contributed by atoms with Crippen LogP contribution in [0.3, 0.4) is 0 Å². The van der Waals surface area contributed by atoms with Crippen molar-refractivity contribution in [2.24, 2.45) is 0 Å². The molecule has 4 aromatic carbocycles. The molecule has 0 aromatic heterocycles. The lowest BCUT2D eigenvalue weighted by molar-refractivity contribution is -0.112. The summed E-state index contributed by atoms with van der Waals surface area (Å²) in [5.41, 5.74) is 0.910. The summed E-state index contributed by atoms with van der Waals surface area (Å²) in [5.74, 6) is -0.231. The van der Waals surface area contributed by atoms with Gasteiger partial charge in [-0.3, -0.25) is 4.79 Å². The van der Waals surface area contributed by atoms with E-state index in [-0.39, 0.29) is 11.8 Å². The first-order chi connectivity index (χ1) is 15.2. The maximum absolute atomic E-state index is 12.7. The molecule has 1 nitrogen and oxygen atoms in total. The number of hydrogen-bond donors (Lipinski definition) is 0. The Balaban J connectivity index is 2.24. The molecule has 0 spiro atoms. The second-order valence-electron chi connectivity index (χ2n) is 7.07. The fourth-order valence-electron chi connectivity index (χ4n) is 3.90. The van der Waals surface area contributed by atoms with Crippen LogP contribution in [0, 0.1) is 0 Å². The van der Waals surface area contributed by atoms with Gasteiger partial charge in [0.2, 0.25) is 0 Å². The molecule has 0 heterocycles. The van der Waals surface area contributed by atoms with Gasteiger partial charge in [-0.1, -0.05) is 84.9 Å². The number of carbonyl (C=O) groups excluding carboxylic acids is 1. The first-order valence-corrected chi connectivity index (χ1v) is 11.8. The Hall–Kier alpha value is -3.28. The third kappa shape index (κ3) is 3.77. The molecule has 0 saturated heterocycles. The molecule has 0 aliphatic heterocycles. The Bertz CT molecular complexity index is 1090. The minimum atomic E-state index is -2.52. The topological polar surface area (TPSA) is 17.1 Å². The zero-order valence-corrected chi connectivity index (χ0v) is 17.8. The van der Waals surface area contributed by atoms with Gasteiger partial charge in [0.25, 0.3) is 0 Å². The molecule has 0 atom stereocenters. The maximum Gasteiger partial charge on any atom is 0.156 e. The first kappa shape index (κ1) is 18.7. The summed E-state index contributed by atoms with van der Waals surface area (Å²) in [6.07, 6.45) is 0. The molecular formula is C28H24OP+. The van der Waals surface area contributed by atoms with Crippen molar-refractivity contribution in [2.45, 2.75) is 6.92 Å². The highest BCUT2D eigenvalue weighted by molar-refractivity contribution is 8.03. The van der Waals surface area contributed by atoms with E-state index >= 15 is 0 Å². The molecule has 0 bridgehead atoms. The first-order valence-electron chi connectivity index (χ1n) is 10.5. The molecule has 146 valence electrons. The van der Waals surface area contributed by atoms with Gasteiger partial charge in [-0.05, 0) is 43.3 Å². The van der Waals surface area contributed by atoms with Gasteiger partial charge in [0, 0.05) is 11.6 Å². The highest BCUT2D eigenvalue weighted by Gasteiger charge is 2.50. The van der Waals surface area contributed by atoms with Crippen molar-refractivity contribution < 1.29 is 6.17 Å². The number of hydrogen-bond acceptors (Lipinski definition) is 1. The van der Waals surface area contributed by atoms with Gasteiger partial charge in [0.05, 0.1) is 1.37 Å². The van der Waals surface area contributed by atoms with E-state index in [9.17, 15) is 4.79 Å². The lowest BCUT2D eigenvalue weighted by Crippen LogP contribution is -2.32. The molecule has 4 rings (SSSR count). The van der Waals surface area contributed by atoms with Crippen molar-refractivity contribution in [1.82, 2.24) is 0 Å². The van der Waals surface area contributed by atoms with Crippen molar-refractivity contribution in [1.29, 1.82) is 0 Å². The van der Waals surface area contributed by atoms with Crippen LogP contribution in [-0.4, -0.2) is 5.78 Å². The number of ketones is 1. The minimum Gasteiger partial charge on any atom is -0.295 e. The van der Waals surface area contributed by atoms with Crippen molar-refractivity contribution >= 4 is 34.3 Å². The van der Waals surface area contributed by atoms with Crippen LogP contribution >= 0.6 is 7.26 Å². The van der Waals surface area contributed by atoms with E-state index in [1.165, 1.54) is 6.92 Å². The van der Waals surface area contributed by atoms with Crippen LogP contribution in [0.2, 0.25) is 0 Å². The summed E-state index contributed by atoms with van der Waals surface area (Å²) in [4.78, 5) is 12.7. The molecule has 4 aromatic rings. The van der Waals surface area contributed by atoms with Crippen LogP contribution in [0.25, 0.3) is 5.31 Å². The Labute approximate surface area is 180 Å². The molecule has 0 amide bonds. The molecule has 0 unspecified atom stereocenters. The average Bonchev–Trinajstić information content (AvgIpc) is 2.84. The normalized spacial score (nSPS) is 12.6. The van der Waals surface area contributed by atoms with Gasteiger partial charge < -0.3 is 0 Å². The molecular weight excluding hydrogens is 383 g/mol. The Morgan fingerprint density at radius 3 is 1.30 bits per heavy atom. The van der Waals surface area contributed by atoms with Gasteiger partial charge in [-0.2, -0.15) is 0 Å². The Kier molecular flexibility index (Phi) is 5.64. The predicted molar refractivity (Wildman–Crippen MR) is 130 cm³/mol. The van der Waals surface area contributed by atoms with Gasteiger partial charge in [0.1, 0.15) is 28.5 Å². The maximum atomic E-state index is 12.7. The monoisotopic (exact) mass is 408 g/mol. The van der Waals surface area contributed by atoms with Gasteiger partial charge in [-0.25, -0.2) is 0 Å². The number of carbonyl (C=O) groups is 1. The van der Waals surface area contributed by atoms with Gasteiger partial charge in [-0.15, -0.1) is 0 Å². The van der Waals surface area contributed by atoms with Crippen molar-refractivity contribution in [3.05, 3.63) is 133 Å². The largest absolute Gasteiger partial charge is 0.295 e. The number of rotatable bonds is 6. The average molecular weight is 408 g/mol. The van der Waals surface area contributed by atoms with Crippen molar-refractivity contribution in [3.8, 4) is 0 Å². The molecule has 0 fully saturated rings. The SMILES string of the molecule is [2H]/C(C(C)=O)=C(\c1ccccc1)[P+](c1ccccc1)(c1ccccc1)c1ccccc1. The van der Waals surface area contributed by atoms with Crippen molar-refractivity contribution in [3.63, 3.8) is 0 Å². The third-order valence-corrected chi connectivity index (χ3v) is 9.37. The van der Waals surface area contributed by atoms with Gasteiger partial charge >= 0.3 is 0 Å². The molecule has 0 aliphatic rings. The van der Waals surface area contributed by atoms with Crippen LogP contribution in [0.15, 0.2) is 127 Å². The highest BCUT2D eigenvalue weighted by atomic mass is 31.2. The van der Waals surface area contributed by atoms with Crippen LogP contribution in [-0.2, 0) is 4.79 Å². The summed E-state index contributed by atoms with van der Waals surface area (Å²) >= 11 is 0. The molecule has 0 N–H and O–H groups in total. The van der Waals surface area contributed by atoms with E-state index in [1.807, 2.05) is 84.9 Å². The standard InChI is InChI=1S/C28H24OP/c1-23(29)22-28(24-14-6-2-7-15-24)30(25-16-8-3-9-17-25,26-18-10-4-11-19-26)27-20-12-5-13-21-27/h2-22H,1H3/q+1/b28-22-/i22D. The number of benzene rings is 4. The van der Waals surface area contributed by atoms with E-state index in [4.69, 9.17) is 1.37 Å². The fraction of sp³-hybridized carbons (Fsp3) is 0.0357. The van der Waals surface area contributed by atoms with E-state index in [2.05, 4.69) is 36.4 Å². The zero-order chi connectivity index (χ0) is 21.7. The molecule has 0 aliphatic carbocycles. The van der Waals surface area contributed by atoms with Crippen LogP contribution in [0.1, 0.15) is 13.9 Å². The second kappa shape index (κ2) is 9.03. The van der Waals surface area contributed by atoms with E-state index in [1.54, 1.807) is 0 Å². The van der Waals surface area contributed by atoms with Crippen LogP contribution < -0.4 is 15.9 Å². The molecule has 30 heavy (non-hydrogen) atoms. The van der Waals surface area contributed by atoms with E-state index in [0.717, 1.165) is 26.8 Å². The van der Waals surface area contributed by atoms with E-state index in [0.29, 0.717) is 0 Å². The van der Waals surface area contributed by atoms with Crippen molar-refractivity contribution in [2.75, 3.05) is 0 Å². The third-order valence-electron chi connectivity index (χ3n) is 5.11. The summed E-state index contributed by atoms with van der Waals surface area (Å²) in [7, 11) is -2.52. The quantitative estimate of drug-likeness (QED) is 0.299. The predicted octanol–water partition coefficient (Wildman–Crippen LogP) is 5.61. The van der Waals surface area contributed by atoms with Gasteiger partial charge in [0.15, 0.2) is 5.78 Å². The lowest BCUT2D eigenvalue weighted by atomic mass is 10.2. The summed E-state index contributed by atoms with van der Waals surface area (Å²) in [6, 6.07) is 41.0. The lowest BCUT2D eigenvalue weighted by Gasteiger charge is -2.29. The zero-order valence-electron chi connectivity index (χ0n) is 17.9. The summed E-state index contributed by atoms with van der Waals surface area (Å²) in [6.45, 7) is 1.49. The smallest absolute Gasteiger partial charge is 0.156 e. The molecule has 0 radical (unpaired) electrons. The highest BCUT2D eigenvalue weighted by Crippen LogP contribution is 2.66. The number of allylic oxidation sites excluding steroid dienone is 1. The Morgan fingerprint density at radius 2 is 0.967 bits per heavy atom. The summed E-state index contributed by atoms with van der Waals surface area (Å²) < 4.78 is 8.98. The Morgan fingerprint density at radius 1 is 0.633 bits per heavy atom. The summed E-state index contributed by atoms with van der Waals surface area (Å²) in [5, 5.41) is 4.16. The molecule has 0 saturated carbocycles. The second-order valence-corrected chi connectivity index (χ2v) is 10.4. The van der Waals surface area contributed by atoms with Crippen LogP contribution in [0.5, 0.6) is 0 Å². The molecule has 2 heteroatoms. The minimum absolute atomic E-state index is 0.0658.